The van der Waals surface area contributed by atoms with E-state index in [0.29, 0.717) is 5.82 Å². The summed E-state index contributed by atoms with van der Waals surface area (Å²) in [6.07, 6.45) is 1.77. The lowest BCUT2D eigenvalue weighted by Crippen LogP contribution is -2.15. The summed E-state index contributed by atoms with van der Waals surface area (Å²) in [6.45, 7) is 6.42. The first-order valence-corrected chi connectivity index (χ1v) is 6.36. The molecule has 17 heavy (non-hydrogen) atoms. The van der Waals surface area contributed by atoms with E-state index in [9.17, 15) is 0 Å². The van der Waals surface area contributed by atoms with E-state index in [1.807, 2.05) is 18.5 Å². The van der Waals surface area contributed by atoms with Gasteiger partial charge in [0.25, 0.3) is 0 Å². The second-order valence-electron chi connectivity index (χ2n) is 4.80. The minimum Gasteiger partial charge on any atom is -0.373 e. The molecule has 0 fully saturated rings. The number of rotatable bonds is 2. The van der Waals surface area contributed by atoms with E-state index in [0.717, 1.165) is 16.5 Å². The van der Waals surface area contributed by atoms with Crippen molar-refractivity contribution >= 4 is 17.2 Å². The zero-order valence-corrected chi connectivity index (χ0v) is 11.3. The van der Waals surface area contributed by atoms with Crippen LogP contribution in [0.5, 0.6) is 0 Å². The molecule has 0 aliphatic carbocycles. The molecule has 0 saturated heterocycles. The maximum atomic E-state index is 4.59. The van der Waals surface area contributed by atoms with Crippen molar-refractivity contribution in [2.75, 3.05) is 12.4 Å². The summed E-state index contributed by atoms with van der Waals surface area (Å²) in [6, 6.07) is 1.98. The zero-order chi connectivity index (χ0) is 12.5. The third-order valence-electron chi connectivity index (χ3n) is 2.37. The first kappa shape index (κ1) is 12.0. The number of thiazole rings is 1. The maximum absolute atomic E-state index is 4.59. The van der Waals surface area contributed by atoms with Gasteiger partial charge in [0, 0.05) is 30.1 Å². The molecule has 90 valence electrons. The maximum Gasteiger partial charge on any atom is 0.190 e. The third kappa shape index (κ3) is 2.61. The van der Waals surface area contributed by atoms with E-state index in [1.165, 1.54) is 0 Å². The predicted octanol–water partition coefficient (Wildman–Crippen LogP) is 2.94. The molecule has 2 heterocycles. The molecule has 2 aromatic rings. The molecule has 4 nitrogen and oxygen atoms in total. The second-order valence-corrected chi connectivity index (χ2v) is 5.69. The number of hydrogen-bond donors (Lipinski definition) is 1. The molecule has 0 aliphatic heterocycles. The van der Waals surface area contributed by atoms with Crippen LogP contribution < -0.4 is 5.32 Å². The molecule has 0 atom stereocenters. The van der Waals surface area contributed by atoms with Crippen molar-refractivity contribution < 1.29 is 0 Å². The number of nitrogens with zero attached hydrogens (tertiary/aromatic N) is 3. The molecule has 2 aromatic heterocycles. The molecule has 0 unspecified atom stereocenters. The minimum absolute atomic E-state index is 0.000545. The molecule has 5 heteroatoms. The van der Waals surface area contributed by atoms with Crippen molar-refractivity contribution in [2.45, 2.75) is 26.2 Å². The molecule has 0 bridgehead atoms. The van der Waals surface area contributed by atoms with Gasteiger partial charge in [-0.05, 0) is 0 Å². The van der Waals surface area contributed by atoms with Gasteiger partial charge in [-0.25, -0.2) is 15.0 Å². The van der Waals surface area contributed by atoms with Gasteiger partial charge in [0.05, 0.1) is 5.69 Å². The third-order valence-corrected chi connectivity index (χ3v) is 3.14. The fourth-order valence-corrected chi connectivity index (χ4v) is 1.96. The van der Waals surface area contributed by atoms with Crippen molar-refractivity contribution in [3.8, 4) is 10.8 Å². The van der Waals surface area contributed by atoms with Crippen LogP contribution in [0.4, 0.5) is 5.82 Å². The quantitative estimate of drug-likeness (QED) is 0.887. The van der Waals surface area contributed by atoms with Crippen LogP contribution in [0, 0.1) is 0 Å². The molecule has 0 aliphatic rings. The molecule has 0 spiro atoms. The monoisotopic (exact) mass is 248 g/mol. The van der Waals surface area contributed by atoms with Gasteiger partial charge < -0.3 is 5.32 Å². The summed E-state index contributed by atoms with van der Waals surface area (Å²) >= 11 is 1.55. The van der Waals surface area contributed by atoms with E-state index in [1.54, 1.807) is 17.5 Å². The van der Waals surface area contributed by atoms with Gasteiger partial charge >= 0.3 is 0 Å². The fourth-order valence-electron chi connectivity index (χ4n) is 1.39. The van der Waals surface area contributed by atoms with E-state index in [-0.39, 0.29) is 5.41 Å². The molecule has 1 N–H and O–H groups in total. The highest BCUT2D eigenvalue weighted by Crippen LogP contribution is 2.26. The second kappa shape index (κ2) is 4.41. The molecular formula is C12H16N4S. The summed E-state index contributed by atoms with van der Waals surface area (Å²) in [5.41, 5.74) is 1.02. The Labute approximate surface area is 105 Å². The van der Waals surface area contributed by atoms with E-state index < -0.39 is 0 Å². The minimum atomic E-state index is 0.000545. The summed E-state index contributed by atoms with van der Waals surface area (Å²) in [4.78, 5) is 13.3. The number of hydrogen-bond acceptors (Lipinski definition) is 5. The van der Waals surface area contributed by atoms with Crippen molar-refractivity contribution in [3.63, 3.8) is 0 Å². The smallest absolute Gasteiger partial charge is 0.190 e. The standard InChI is InChI=1S/C12H16N4S/c1-12(2,3)8-7-9(13-4)16-10(15-8)11-14-5-6-17-11/h5-7H,1-4H3,(H,13,15,16). The Bertz CT molecular complexity index is 500. The first-order valence-electron chi connectivity index (χ1n) is 5.48. The molecule has 2 rings (SSSR count). The van der Waals surface area contributed by atoms with Gasteiger partial charge in [-0.1, -0.05) is 20.8 Å². The molecule has 0 amide bonds. The van der Waals surface area contributed by atoms with Crippen LogP contribution in [0.1, 0.15) is 26.5 Å². The lowest BCUT2D eigenvalue weighted by molar-refractivity contribution is 0.568. The molecular weight excluding hydrogens is 232 g/mol. The van der Waals surface area contributed by atoms with Crippen molar-refractivity contribution in [1.82, 2.24) is 15.0 Å². The van der Waals surface area contributed by atoms with Gasteiger partial charge in [0.2, 0.25) is 0 Å². The average Bonchev–Trinajstić information content (AvgIpc) is 2.80. The van der Waals surface area contributed by atoms with Crippen molar-refractivity contribution in [2.24, 2.45) is 0 Å². The molecule has 0 saturated carbocycles. The highest BCUT2D eigenvalue weighted by Gasteiger charge is 2.18. The molecule has 0 radical (unpaired) electrons. The SMILES string of the molecule is CNc1cc(C(C)(C)C)nc(-c2nccs2)n1. The average molecular weight is 248 g/mol. The molecule has 0 aromatic carbocycles. The van der Waals surface area contributed by atoms with E-state index >= 15 is 0 Å². The highest BCUT2D eigenvalue weighted by molar-refractivity contribution is 7.13. The van der Waals surface area contributed by atoms with Crippen molar-refractivity contribution in [1.29, 1.82) is 0 Å². The Balaban J connectivity index is 2.54. The first-order chi connectivity index (χ1) is 8.00. The number of aromatic nitrogens is 3. The Morgan fingerprint density at radius 2 is 2.00 bits per heavy atom. The largest absolute Gasteiger partial charge is 0.373 e. The predicted molar refractivity (Wildman–Crippen MR) is 71.4 cm³/mol. The van der Waals surface area contributed by atoms with Crippen LogP contribution in [-0.4, -0.2) is 22.0 Å². The van der Waals surface area contributed by atoms with Crippen LogP contribution in [-0.2, 0) is 5.41 Å². The van der Waals surface area contributed by atoms with Gasteiger partial charge in [-0.2, -0.15) is 0 Å². The summed E-state index contributed by atoms with van der Waals surface area (Å²) < 4.78 is 0. The Morgan fingerprint density at radius 3 is 2.53 bits per heavy atom. The summed E-state index contributed by atoms with van der Waals surface area (Å²) in [5.74, 6) is 1.52. The van der Waals surface area contributed by atoms with Gasteiger partial charge in [0.1, 0.15) is 5.82 Å². The zero-order valence-electron chi connectivity index (χ0n) is 10.5. The van der Waals surface area contributed by atoms with Crippen molar-refractivity contribution in [3.05, 3.63) is 23.3 Å². The number of anilines is 1. The van der Waals surface area contributed by atoms with E-state index in [2.05, 4.69) is 41.0 Å². The fraction of sp³-hybridized carbons (Fsp3) is 0.417. The normalized spacial score (nSPS) is 11.5. The van der Waals surface area contributed by atoms with Crippen LogP contribution in [0.25, 0.3) is 10.8 Å². The summed E-state index contributed by atoms with van der Waals surface area (Å²) in [5, 5.41) is 5.85. The topological polar surface area (TPSA) is 50.7 Å². The van der Waals surface area contributed by atoms with Crippen LogP contribution in [0.15, 0.2) is 17.6 Å². The lowest BCUT2D eigenvalue weighted by Gasteiger charge is -2.18. The lowest BCUT2D eigenvalue weighted by atomic mass is 9.92. The number of nitrogens with one attached hydrogen (secondary N) is 1. The van der Waals surface area contributed by atoms with Gasteiger partial charge in [-0.3, -0.25) is 0 Å². The Kier molecular flexibility index (Phi) is 3.11. The Morgan fingerprint density at radius 1 is 1.24 bits per heavy atom. The van der Waals surface area contributed by atoms with E-state index in [4.69, 9.17) is 0 Å². The highest BCUT2D eigenvalue weighted by atomic mass is 32.1. The summed E-state index contributed by atoms with van der Waals surface area (Å²) in [7, 11) is 1.86. The van der Waals surface area contributed by atoms with Crippen LogP contribution in [0.2, 0.25) is 0 Å². The Hall–Kier alpha value is -1.49. The van der Waals surface area contributed by atoms with Crippen LogP contribution in [0.3, 0.4) is 0 Å². The van der Waals surface area contributed by atoms with Crippen LogP contribution >= 0.6 is 11.3 Å². The van der Waals surface area contributed by atoms with Gasteiger partial charge in [0.15, 0.2) is 10.8 Å². The van der Waals surface area contributed by atoms with Gasteiger partial charge in [-0.15, -0.1) is 11.3 Å².